The Hall–Kier alpha value is -3.12. The summed E-state index contributed by atoms with van der Waals surface area (Å²) >= 11 is 0. The first-order valence-corrected chi connectivity index (χ1v) is 10.4. The lowest BCUT2D eigenvalue weighted by Crippen LogP contribution is -2.35. The number of ether oxygens (including phenoxy) is 1. The molecule has 1 N–H and O–H groups in total. The molecule has 2 aliphatic heterocycles. The van der Waals surface area contributed by atoms with Crippen LogP contribution in [0.1, 0.15) is 27.7 Å². The number of carbonyl (C=O) groups is 1. The van der Waals surface area contributed by atoms with Gasteiger partial charge in [0.15, 0.2) is 0 Å². The standard InChI is InChI=1S/C24H26N4O2/c1-30-20-6-4-18(5-7-20)23-21-16-27(13-17-8-11-25-12-9-17)14-19(21)15-28(23)24(29)22-3-2-10-26-22/h2-12,19,21,23,26H,13-16H2,1H3/t19-,21-,23-/m0/s1. The number of H-pyrrole nitrogens is 1. The molecular weight excluding hydrogens is 376 g/mol. The van der Waals surface area contributed by atoms with E-state index >= 15 is 0 Å². The Morgan fingerprint density at radius 3 is 2.60 bits per heavy atom. The number of nitrogens with zero attached hydrogens (tertiary/aromatic N) is 3. The topological polar surface area (TPSA) is 61.5 Å². The van der Waals surface area contributed by atoms with Crippen molar-refractivity contribution in [3.8, 4) is 5.75 Å². The van der Waals surface area contributed by atoms with Crippen LogP contribution in [0.4, 0.5) is 0 Å². The third-order valence-corrected chi connectivity index (χ3v) is 6.44. The highest BCUT2D eigenvalue weighted by atomic mass is 16.5. The summed E-state index contributed by atoms with van der Waals surface area (Å²) in [5, 5.41) is 0. The van der Waals surface area contributed by atoms with Crippen molar-refractivity contribution in [3.63, 3.8) is 0 Å². The van der Waals surface area contributed by atoms with Crippen LogP contribution >= 0.6 is 0 Å². The summed E-state index contributed by atoms with van der Waals surface area (Å²) in [5.74, 6) is 1.80. The maximum Gasteiger partial charge on any atom is 0.270 e. The molecule has 0 aliphatic carbocycles. The van der Waals surface area contributed by atoms with Gasteiger partial charge in [0.25, 0.3) is 5.91 Å². The predicted octanol–water partition coefficient (Wildman–Crippen LogP) is 3.36. The van der Waals surface area contributed by atoms with Crippen LogP contribution in [0, 0.1) is 11.8 Å². The van der Waals surface area contributed by atoms with Gasteiger partial charge < -0.3 is 14.6 Å². The molecule has 1 amide bonds. The maximum atomic E-state index is 13.3. The van der Waals surface area contributed by atoms with Crippen molar-refractivity contribution < 1.29 is 9.53 Å². The number of pyridine rings is 1. The Kier molecular flexibility index (Phi) is 5.01. The molecule has 0 radical (unpaired) electrons. The van der Waals surface area contributed by atoms with Gasteiger partial charge >= 0.3 is 0 Å². The van der Waals surface area contributed by atoms with Crippen molar-refractivity contribution in [2.45, 2.75) is 12.6 Å². The fourth-order valence-electron chi connectivity index (χ4n) is 5.07. The van der Waals surface area contributed by atoms with Gasteiger partial charge in [0.1, 0.15) is 11.4 Å². The van der Waals surface area contributed by atoms with Crippen molar-refractivity contribution >= 4 is 5.91 Å². The molecule has 154 valence electrons. The zero-order valence-corrected chi connectivity index (χ0v) is 17.1. The van der Waals surface area contributed by atoms with Gasteiger partial charge in [-0.05, 0) is 53.4 Å². The van der Waals surface area contributed by atoms with Crippen LogP contribution < -0.4 is 4.74 Å². The first-order valence-electron chi connectivity index (χ1n) is 10.4. The van der Waals surface area contributed by atoms with Gasteiger partial charge in [-0.15, -0.1) is 0 Å². The predicted molar refractivity (Wildman–Crippen MR) is 114 cm³/mol. The molecule has 0 saturated carbocycles. The molecule has 0 spiro atoms. The zero-order chi connectivity index (χ0) is 20.5. The quantitative estimate of drug-likeness (QED) is 0.711. The van der Waals surface area contributed by atoms with E-state index in [-0.39, 0.29) is 11.9 Å². The molecule has 5 rings (SSSR count). The van der Waals surface area contributed by atoms with Crippen LogP contribution in [0.5, 0.6) is 5.75 Å². The molecule has 2 aliphatic rings. The molecule has 4 heterocycles. The summed E-state index contributed by atoms with van der Waals surface area (Å²) in [4.78, 5) is 25.0. The molecule has 3 aromatic rings. The number of aromatic amines is 1. The van der Waals surface area contributed by atoms with E-state index in [1.807, 2.05) is 42.9 Å². The van der Waals surface area contributed by atoms with E-state index in [4.69, 9.17) is 4.74 Å². The third kappa shape index (κ3) is 3.48. The van der Waals surface area contributed by atoms with Gasteiger partial charge in [-0.3, -0.25) is 14.7 Å². The van der Waals surface area contributed by atoms with E-state index in [9.17, 15) is 4.79 Å². The van der Waals surface area contributed by atoms with Crippen LogP contribution in [0.25, 0.3) is 0 Å². The Morgan fingerprint density at radius 2 is 1.90 bits per heavy atom. The molecule has 2 saturated heterocycles. The smallest absolute Gasteiger partial charge is 0.270 e. The average Bonchev–Trinajstić information content (AvgIpc) is 3.51. The zero-order valence-electron chi connectivity index (χ0n) is 17.1. The van der Waals surface area contributed by atoms with Crippen molar-refractivity contribution in [3.05, 3.63) is 83.9 Å². The number of rotatable bonds is 5. The van der Waals surface area contributed by atoms with Crippen molar-refractivity contribution in [1.82, 2.24) is 19.8 Å². The van der Waals surface area contributed by atoms with Crippen molar-refractivity contribution in [2.24, 2.45) is 11.8 Å². The number of hydrogen-bond donors (Lipinski definition) is 1. The SMILES string of the molecule is COc1ccc([C@H]2[C@H]3CN(Cc4ccncc4)C[C@H]3CN2C(=O)c2ccc[nH]2)cc1. The van der Waals surface area contributed by atoms with Gasteiger partial charge in [0.05, 0.1) is 13.2 Å². The summed E-state index contributed by atoms with van der Waals surface area (Å²) in [6.45, 7) is 3.70. The number of amides is 1. The molecule has 0 unspecified atom stereocenters. The average molecular weight is 402 g/mol. The van der Waals surface area contributed by atoms with E-state index in [2.05, 4.69) is 44.0 Å². The molecule has 2 fully saturated rings. The molecule has 30 heavy (non-hydrogen) atoms. The molecule has 6 nitrogen and oxygen atoms in total. The number of likely N-dealkylation sites (tertiary alicyclic amines) is 2. The van der Waals surface area contributed by atoms with Gasteiger partial charge in [0.2, 0.25) is 0 Å². The molecule has 1 aromatic carbocycles. The first kappa shape index (κ1) is 18.9. The van der Waals surface area contributed by atoms with E-state index in [0.29, 0.717) is 17.5 Å². The second-order valence-corrected chi connectivity index (χ2v) is 8.23. The number of fused-ring (bicyclic) bond motifs is 1. The Labute approximate surface area is 176 Å². The highest BCUT2D eigenvalue weighted by Gasteiger charge is 2.49. The van der Waals surface area contributed by atoms with E-state index in [1.54, 1.807) is 7.11 Å². The van der Waals surface area contributed by atoms with Gasteiger partial charge in [0, 0.05) is 50.7 Å². The van der Waals surface area contributed by atoms with Gasteiger partial charge in [-0.25, -0.2) is 0 Å². The maximum absolute atomic E-state index is 13.3. The Bertz CT molecular complexity index is 988. The van der Waals surface area contributed by atoms with E-state index < -0.39 is 0 Å². The second kappa shape index (κ2) is 7.95. The van der Waals surface area contributed by atoms with Crippen LogP contribution in [-0.4, -0.2) is 52.4 Å². The Balaban J connectivity index is 1.41. The molecule has 6 heteroatoms. The minimum atomic E-state index is 0.0687. The molecule has 0 bridgehead atoms. The Morgan fingerprint density at radius 1 is 1.10 bits per heavy atom. The van der Waals surface area contributed by atoms with E-state index in [0.717, 1.165) is 31.9 Å². The lowest BCUT2D eigenvalue weighted by Gasteiger charge is -2.30. The van der Waals surface area contributed by atoms with Gasteiger partial charge in [-0.2, -0.15) is 0 Å². The lowest BCUT2D eigenvalue weighted by atomic mass is 9.89. The van der Waals surface area contributed by atoms with Crippen molar-refractivity contribution in [2.75, 3.05) is 26.7 Å². The minimum absolute atomic E-state index is 0.0687. The summed E-state index contributed by atoms with van der Waals surface area (Å²) in [6.07, 6.45) is 5.51. The van der Waals surface area contributed by atoms with Crippen molar-refractivity contribution in [1.29, 1.82) is 0 Å². The summed E-state index contributed by atoms with van der Waals surface area (Å²) in [7, 11) is 1.68. The summed E-state index contributed by atoms with van der Waals surface area (Å²) in [5.41, 5.74) is 3.11. The number of nitrogens with one attached hydrogen (secondary N) is 1. The highest BCUT2D eigenvalue weighted by Crippen LogP contribution is 2.46. The summed E-state index contributed by atoms with van der Waals surface area (Å²) < 4.78 is 5.34. The number of aromatic nitrogens is 2. The molecule has 2 aromatic heterocycles. The monoisotopic (exact) mass is 402 g/mol. The highest BCUT2D eigenvalue weighted by molar-refractivity contribution is 5.93. The second-order valence-electron chi connectivity index (χ2n) is 8.23. The van der Waals surface area contributed by atoms with Gasteiger partial charge in [-0.1, -0.05) is 12.1 Å². The molecule has 3 atom stereocenters. The fourth-order valence-corrected chi connectivity index (χ4v) is 5.07. The largest absolute Gasteiger partial charge is 0.497 e. The minimum Gasteiger partial charge on any atom is -0.497 e. The number of hydrogen-bond acceptors (Lipinski definition) is 4. The third-order valence-electron chi connectivity index (χ3n) is 6.44. The summed E-state index contributed by atoms with van der Waals surface area (Å²) in [6, 6.07) is 16.2. The number of carbonyl (C=O) groups excluding carboxylic acids is 1. The van der Waals surface area contributed by atoms with Crippen LogP contribution in [0.3, 0.4) is 0 Å². The first-order chi connectivity index (χ1) is 14.7. The van der Waals surface area contributed by atoms with Crippen LogP contribution in [0.2, 0.25) is 0 Å². The molecular formula is C24H26N4O2. The lowest BCUT2D eigenvalue weighted by molar-refractivity contribution is 0.0694. The number of benzene rings is 1. The fraction of sp³-hybridized carbons (Fsp3) is 0.333. The normalized spacial score (nSPS) is 23.5. The van der Waals surface area contributed by atoms with Crippen LogP contribution in [0.15, 0.2) is 67.1 Å². The number of methoxy groups -OCH3 is 1. The van der Waals surface area contributed by atoms with E-state index in [1.165, 1.54) is 11.1 Å². The van der Waals surface area contributed by atoms with Crippen LogP contribution in [-0.2, 0) is 6.54 Å².